The number of carbonyl (C=O) groups is 1. The summed E-state index contributed by atoms with van der Waals surface area (Å²) in [7, 11) is 0. The fraction of sp³-hybridized carbons (Fsp3) is 0.227. The first-order chi connectivity index (χ1) is 14.3. The Hall–Kier alpha value is -3.19. The minimum atomic E-state index is -0.389. The average Bonchev–Trinajstić information content (AvgIpc) is 2.97. The van der Waals surface area contributed by atoms with Crippen molar-refractivity contribution in [3.63, 3.8) is 0 Å². The van der Waals surface area contributed by atoms with E-state index in [4.69, 9.17) is 16.3 Å². The highest BCUT2D eigenvalue weighted by Crippen LogP contribution is 2.20. The minimum Gasteiger partial charge on any atom is -0.483 e. The summed E-state index contributed by atoms with van der Waals surface area (Å²) in [5.41, 5.74) is 6.54. The smallest absolute Gasteiger partial charge is 0.277 e. The molecule has 8 heteroatoms. The van der Waals surface area contributed by atoms with Gasteiger partial charge in [0, 0.05) is 0 Å². The zero-order chi connectivity index (χ0) is 21.7. The topological polar surface area (TPSA) is 68.5 Å². The number of hydrogen-bond acceptors (Lipinski definition) is 4. The van der Waals surface area contributed by atoms with Gasteiger partial charge >= 0.3 is 0 Å². The predicted molar refractivity (Wildman–Crippen MR) is 115 cm³/mol. The fourth-order valence-corrected chi connectivity index (χ4v) is 3.07. The molecule has 0 atom stereocenters. The van der Waals surface area contributed by atoms with Gasteiger partial charge in [0.15, 0.2) is 6.61 Å². The van der Waals surface area contributed by atoms with Crippen LogP contribution in [0.1, 0.15) is 27.9 Å². The van der Waals surface area contributed by atoms with Crippen molar-refractivity contribution in [2.45, 2.75) is 27.3 Å². The van der Waals surface area contributed by atoms with E-state index >= 15 is 0 Å². The quantitative estimate of drug-likeness (QED) is 0.453. The molecule has 0 radical (unpaired) electrons. The highest BCUT2D eigenvalue weighted by molar-refractivity contribution is 6.32. The van der Waals surface area contributed by atoms with Crippen molar-refractivity contribution < 1.29 is 13.9 Å². The van der Waals surface area contributed by atoms with Crippen LogP contribution in [0.25, 0.3) is 0 Å². The molecule has 1 heterocycles. The molecule has 0 spiro atoms. The maximum atomic E-state index is 13.1. The molecule has 3 aromatic rings. The zero-order valence-corrected chi connectivity index (χ0v) is 17.7. The van der Waals surface area contributed by atoms with E-state index in [0.717, 1.165) is 16.7 Å². The third-order valence-electron chi connectivity index (χ3n) is 4.44. The van der Waals surface area contributed by atoms with Gasteiger partial charge in [-0.05, 0) is 55.7 Å². The van der Waals surface area contributed by atoms with Gasteiger partial charge in [0.25, 0.3) is 5.91 Å². The third kappa shape index (κ3) is 5.45. The molecule has 0 bridgehead atoms. The number of carbonyl (C=O) groups excluding carboxylic acids is 1. The van der Waals surface area contributed by atoms with Crippen LogP contribution in [0, 0.1) is 26.6 Å². The third-order valence-corrected chi connectivity index (χ3v) is 4.84. The van der Waals surface area contributed by atoms with Crippen LogP contribution in [0.5, 0.6) is 5.75 Å². The Morgan fingerprint density at radius 3 is 2.70 bits per heavy atom. The Balaban J connectivity index is 1.59. The molecule has 0 fully saturated rings. The van der Waals surface area contributed by atoms with Crippen molar-refractivity contribution >= 4 is 23.7 Å². The molecule has 1 N–H and O–H groups in total. The van der Waals surface area contributed by atoms with E-state index in [2.05, 4.69) is 15.6 Å². The van der Waals surface area contributed by atoms with Gasteiger partial charge in [-0.3, -0.25) is 4.79 Å². The summed E-state index contributed by atoms with van der Waals surface area (Å²) in [6, 6.07) is 11.9. The van der Waals surface area contributed by atoms with E-state index in [0.29, 0.717) is 28.7 Å². The molecule has 0 aliphatic heterocycles. The first-order valence-corrected chi connectivity index (χ1v) is 9.70. The lowest BCUT2D eigenvalue weighted by molar-refractivity contribution is -0.123. The number of aromatic nitrogens is 2. The number of hydrazone groups is 1. The lowest BCUT2D eigenvalue weighted by Crippen LogP contribution is -2.24. The molecule has 30 heavy (non-hydrogen) atoms. The van der Waals surface area contributed by atoms with Crippen molar-refractivity contribution in [3.8, 4) is 5.75 Å². The molecule has 3 rings (SSSR count). The SMILES string of the molecule is Cc1ccc(C)c(OCC(=O)NN=Cc2c(C)nn(Cc3ccc(F)cc3)c2Cl)c1. The average molecular weight is 429 g/mol. The Bertz CT molecular complexity index is 1080. The van der Waals surface area contributed by atoms with Crippen molar-refractivity contribution in [2.24, 2.45) is 5.10 Å². The van der Waals surface area contributed by atoms with Crippen LogP contribution in [0.4, 0.5) is 4.39 Å². The van der Waals surface area contributed by atoms with Crippen molar-refractivity contribution in [2.75, 3.05) is 6.61 Å². The standard InChI is InChI=1S/C22H22ClFN4O2/c1-14-4-5-15(2)20(10-14)30-13-21(29)26-25-11-19-16(3)27-28(22(19)23)12-17-6-8-18(24)9-7-17/h4-11H,12-13H2,1-3H3,(H,26,29). The fourth-order valence-electron chi connectivity index (χ4n) is 2.79. The van der Waals surface area contributed by atoms with Crippen molar-refractivity contribution in [3.05, 3.63) is 81.4 Å². The number of halogens is 2. The molecule has 0 unspecified atom stereocenters. The summed E-state index contributed by atoms with van der Waals surface area (Å²) >= 11 is 6.40. The van der Waals surface area contributed by atoms with Gasteiger partial charge in [-0.25, -0.2) is 14.5 Å². The molecule has 0 saturated carbocycles. The van der Waals surface area contributed by atoms with Crippen LogP contribution >= 0.6 is 11.6 Å². The number of aryl methyl sites for hydroxylation is 3. The van der Waals surface area contributed by atoms with Gasteiger partial charge in [0.05, 0.1) is 24.0 Å². The molecular formula is C22H22ClFN4O2. The number of ether oxygens (including phenoxy) is 1. The summed E-state index contributed by atoms with van der Waals surface area (Å²) in [5, 5.41) is 8.71. The molecule has 1 aromatic heterocycles. The number of amides is 1. The van der Waals surface area contributed by atoms with E-state index < -0.39 is 0 Å². The van der Waals surface area contributed by atoms with Gasteiger partial charge < -0.3 is 4.74 Å². The Morgan fingerprint density at radius 2 is 1.97 bits per heavy atom. The normalized spacial score (nSPS) is 11.1. The predicted octanol–water partition coefficient (Wildman–Crippen LogP) is 4.18. The molecule has 1 amide bonds. The van der Waals surface area contributed by atoms with Gasteiger partial charge in [-0.1, -0.05) is 35.9 Å². The van der Waals surface area contributed by atoms with Crippen molar-refractivity contribution in [1.82, 2.24) is 15.2 Å². The molecule has 6 nitrogen and oxygen atoms in total. The molecule has 0 saturated heterocycles. The number of rotatable bonds is 7. The van der Waals surface area contributed by atoms with Gasteiger partial charge in [-0.15, -0.1) is 0 Å². The van der Waals surface area contributed by atoms with E-state index in [1.807, 2.05) is 32.0 Å². The summed E-state index contributed by atoms with van der Waals surface area (Å²) < 4.78 is 20.2. The lowest BCUT2D eigenvalue weighted by Gasteiger charge is -2.08. The summed E-state index contributed by atoms with van der Waals surface area (Å²) in [6.45, 7) is 5.90. The summed E-state index contributed by atoms with van der Waals surface area (Å²) in [4.78, 5) is 12.0. The Labute approximate surface area is 179 Å². The minimum absolute atomic E-state index is 0.155. The van der Waals surface area contributed by atoms with E-state index in [1.165, 1.54) is 18.3 Å². The molecule has 2 aromatic carbocycles. The number of benzene rings is 2. The lowest BCUT2D eigenvalue weighted by atomic mass is 10.1. The van der Waals surface area contributed by atoms with Crippen LogP contribution in [0.3, 0.4) is 0 Å². The van der Waals surface area contributed by atoms with Crippen LogP contribution in [0.2, 0.25) is 5.15 Å². The zero-order valence-electron chi connectivity index (χ0n) is 16.9. The number of hydrogen-bond donors (Lipinski definition) is 1. The molecule has 156 valence electrons. The first kappa shape index (κ1) is 21.5. The Morgan fingerprint density at radius 1 is 1.23 bits per heavy atom. The highest BCUT2D eigenvalue weighted by Gasteiger charge is 2.12. The van der Waals surface area contributed by atoms with E-state index in [1.54, 1.807) is 23.7 Å². The monoisotopic (exact) mass is 428 g/mol. The van der Waals surface area contributed by atoms with Gasteiger partial charge in [0.1, 0.15) is 16.7 Å². The highest BCUT2D eigenvalue weighted by atomic mass is 35.5. The van der Waals surface area contributed by atoms with Gasteiger partial charge in [-0.2, -0.15) is 10.2 Å². The molecule has 0 aliphatic carbocycles. The summed E-state index contributed by atoms with van der Waals surface area (Å²) in [5.74, 6) is -0.0266. The van der Waals surface area contributed by atoms with Crippen LogP contribution in [-0.2, 0) is 11.3 Å². The molecular weight excluding hydrogens is 407 g/mol. The van der Waals surface area contributed by atoms with Gasteiger partial charge in [0.2, 0.25) is 0 Å². The maximum Gasteiger partial charge on any atom is 0.277 e. The number of nitrogens with one attached hydrogen (secondary N) is 1. The molecule has 0 aliphatic rings. The van der Waals surface area contributed by atoms with E-state index in [9.17, 15) is 9.18 Å². The summed E-state index contributed by atoms with van der Waals surface area (Å²) in [6.07, 6.45) is 1.45. The van der Waals surface area contributed by atoms with Crippen molar-refractivity contribution in [1.29, 1.82) is 0 Å². The van der Waals surface area contributed by atoms with Crippen LogP contribution in [0.15, 0.2) is 47.6 Å². The maximum absolute atomic E-state index is 13.1. The first-order valence-electron chi connectivity index (χ1n) is 9.33. The second kappa shape index (κ2) is 9.54. The van der Waals surface area contributed by atoms with Crippen LogP contribution in [-0.4, -0.2) is 28.5 Å². The van der Waals surface area contributed by atoms with Crippen LogP contribution < -0.4 is 10.2 Å². The number of nitrogens with zero attached hydrogens (tertiary/aromatic N) is 3. The Kier molecular flexibility index (Phi) is 6.84. The largest absolute Gasteiger partial charge is 0.483 e. The second-order valence-electron chi connectivity index (χ2n) is 6.92. The second-order valence-corrected chi connectivity index (χ2v) is 7.28. The van der Waals surface area contributed by atoms with E-state index in [-0.39, 0.29) is 18.3 Å².